The Bertz CT molecular complexity index is 594. The highest BCUT2D eigenvalue weighted by atomic mass is 35.5. The van der Waals surface area contributed by atoms with Gasteiger partial charge in [-0.2, -0.15) is 0 Å². The second kappa shape index (κ2) is 12.9. The van der Waals surface area contributed by atoms with Gasteiger partial charge in [-0.3, -0.25) is 4.79 Å². The maximum atomic E-state index is 12.6. The molecule has 0 aliphatic carbocycles. The molecule has 0 radical (unpaired) electrons. The summed E-state index contributed by atoms with van der Waals surface area (Å²) in [6.45, 7) is 8.73. The van der Waals surface area contributed by atoms with Crippen molar-refractivity contribution in [2.75, 3.05) is 26.4 Å². The number of nitrogens with one attached hydrogen (secondary N) is 1. The number of carbonyl (C=O) groups is 1. The van der Waals surface area contributed by atoms with Crippen molar-refractivity contribution < 1.29 is 19.0 Å². The number of nitrogens with two attached hydrogens (primary N) is 1. The number of rotatable bonds is 10. The van der Waals surface area contributed by atoms with Gasteiger partial charge in [-0.15, -0.1) is 12.4 Å². The summed E-state index contributed by atoms with van der Waals surface area (Å²) in [5.74, 6) is 1.53. The van der Waals surface area contributed by atoms with Gasteiger partial charge in [0.15, 0.2) is 11.5 Å². The molecule has 0 saturated carbocycles. The molecule has 0 spiro atoms. The lowest BCUT2D eigenvalue weighted by Gasteiger charge is -2.28. The number of hydrogen-bond donors (Lipinski definition) is 2. The molecule has 28 heavy (non-hydrogen) atoms. The van der Waals surface area contributed by atoms with Crippen molar-refractivity contribution in [3.63, 3.8) is 0 Å². The zero-order valence-corrected chi connectivity index (χ0v) is 18.1. The summed E-state index contributed by atoms with van der Waals surface area (Å²) < 4.78 is 17.0. The third kappa shape index (κ3) is 7.15. The van der Waals surface area contributed by atoms with E-state index in [2.05, 4.69) is 19.2 Å². The number of benzene rings is 1. The van der Waals surface area contributed by atoms with Crippen LogP contribution in [-0.4, -0.2) is 38.4 Å². The minimum atomic E-state index is -0.501. The Morgan fingerprint density at radius 3 is 2.39 bits per heavy atom. The Morgan fingerprint density at radius 1 is 1.18 bits per heavy atom. The van der Waals surface area contributed by atoms with Crippen LogP contribution in [0.2, 0.25) is 0 Å². The third-order valence-electron chi connectivity index (χ3n) is 4.83. The van der Waals surface area contributed by atoms with Gasteiger partial charge >= 0.3 is 0 Å². The molecule has 1 saturated heterocycles. The fraction of sp³-hybridized carbons (Fsp3) is 0.667. The van der Waals surface area contributed by atoms with E-state index >= 15 is 0 Å². The van der Waals surface area contributed by atoms with E-state index in [0.29, 0.717) is 26.4 Å². The largest absolute Gasteiger partial charge is 0.490 e. The second-order valence-corrected chi connectivity index (χ2v) is 7.11. The Morgan fingerprint density at radius 2 is 1.79 bits per heavy atom. The molecule has 1 aromatic rings. The number of ether oxygens (including phenoxy) is 3. The van der Waals surface area contributed by atoms with E-state index in [1.54, 1.807) is 0 Å². The van der Waals surface area contributed by atoms with Gasteiger partial charge < -0.3 is 25.3 Å². The lowest BCUT2D eigenvalue weighted by molar-refractivity contribution is -0.125. The molecule has 1 aliphatic rings. The highest BCUT2D eigenvalue weighted by Crippen LogP contribution is 2.31. The van der Waals surface area contributed by atoms with Crippen LogP contribution in [0.1, 0.15) is 58.1 Å². The van der Waals surface area contributed by atoms with Crippen molar-refractivity contribution in [2.45, 2.75) is 58.5 Å². The Balaban J connectivity index is 0.00000392. The summed E-state index contributed by atoms with van der Waals surface area (Å²) in [5, 5.41) is 3.04. The number of amides is 1. The normalized spacial score (nSPS) is 16.6. The predicted molar refractivity (Wildman–Crippen MR) is 113 cm³/mol. The van der Waals surface area contributed by atoms with Crippen LogP contribution in [0.15, 0.2) is 18.2 Å². The van der Waals surface area contributed by atoms with E-state index in [0.717, 1.165) is 42.7 Å². The van der Waals surface area contributed by atoms with E-state index in [-0.39, 0.29) is 30.3 Å². The molecule has 1 aliphatic heterocycles. The van der Waals surface area contributed by atoms with Gasteiger partial charge in [0.2, 0.25) is 5.91 Å². The highest BCUT2D eigenvalue weighted by Gasteiger charge is 2.27. The minimum absolute atomic E-state index is 0. The lowest BCUT2D eigenvalue weighted by atomic mass is 9.91. The van der Waals surface area contributed by atoms with Crippen LogP contribution in [0.3, 0.4) is 0 Å². The molecule has 6 nitrogen and oxygen atoms in total. The van der Waals surface area contributed by atoms with Gasteiger partial charge in [-0.25, -0.2) is 0 Å². The molecule has 1 heterocycles. The van der Waals surface area contributed by atoms with Gasteiger partial charge in [-0.05, 0) is 56.2 Å². The van der Waals surface area contributed by atoms with Gasteiger partial charge in [0.1, 0.15) is 0 Å². The number of halogens is 1. The van der Waals surface area contributed by atoms with Crippen molar-refractivity contribution in [3.05, 3.63) is 23.8 Å². The molecular weight excluding hydrogens is 380 g/mol. The smallest absolute Gasteiger partial charge is 0.237 e. The summed E-state index contributed by atoms with van der Waals surface area (Å²) in [6, 6.07) is 5.17. The average molecular weight is 415 g/mol. The third-order valence-corrected chi connectivity index (χ3v) is 4.83. The van der Waals surface area contributed by atoms with Crippen LogP contribution < -0.4 is 20.5 Å². The van der Waals surface area contributed by atoms with Gasteiger partial charge in [0, 0.05) is 13.2 Å². The van der Waals surface area contributed by atoms with E-state index in [1.165, 1.54) is 0 Å². The lowest BCUT2D eigenvalue weighted by Crippen LogP contribution is -2.47. The monoisotopic (exact) mass is 414 g/mol. The number of carbonyl (C=O) groups excluding carboxylic acids is 1. The molecule has 0 aromatic heterocycles. The molecule has 1 fully saturated rings. The van der Waals surface area contributed by atoms with Crippen LogP contribution >= 0.6 is 12.4 Å². The molecule has 0 bridgehead atoms. The Labute approximate surface area is 174 Å². The first-order chi connectivity index (χ1) is 13.1. The SMILES string of the molecule is CCCOc1ccc(C(C)NC(=O)C(N)C2CCOCC2)cc1OCCC.Cl. The van der Waals surface area contributed by atoms with Crippen LogP contribution in [0.4, 0.5) is 0 Å². The fourth-order valence-electron chi connectivity index (χ4n) is 3.13. The molecule has 2 atom stereocenters. The highest BCUT2D eigenvalue weighted by molar-refractivity contribution is 5.85. The maximum absolute atomic E-state index is 12.6. The van der Waals surface area contributed by atoms with E-state index in [4.69, 9.17) is 19.9 Å². The van der Waals surface area contributed by atoms with Gasteiger partial charge in [-0.1, -0.05) is 19.9 Å². The molecule has 1 amide bonds. The van der Waals surface area contributed by atoms with Crippen LogP contribution in [0.5, 0.6) is 11.5 Å². The first-order valence-electron chi connectivity index (χ1n) is 10.1. The fourth-order valence-corrected chi connectivity index (χ4v) is 3.13. The topological polar surface area (TPSA) is 82.8 Å². The molecule has 7 heteroatoms. The van der Waals surface area contributed by atoms with Crippen molar-refractivity contribution in [1.82, 2.24) is 5.32 Å². The molecule has 1 aromatic carbocycles. The second-order valence-electron chi connectivity index (χ2n) is 7.11. The summed E-state index contributed by atoms with van der Waals surface area (Å²) in [6.07, 6.45) is 3.53. The first-order valence-corrected chi connectivity index (χ1v) is 10.1. The Hall–Kier alpha value is -1.50. The summed E-state index contributed by atoms with van der Waals surface area (Å²) in [5.41, 5.74) is 7.15. The molecular formula is C21H35ClN2O4. The summed E-state index contributed by atoms with van der Waals surface area (Å²) in [4.78, 5) is 12.6. The first kappa shape index (κ1) is 24.5. The quantitative estimate of drug-likeness (QED) is 0.611. The van der Waals surface area contributed by atoms with Crippen molar-refractivity contribution in [3.8, 4) is 11.5 Å². The zero-order chi connectivity index (χ0) is 19.6. The van der Waals surface area contributed by atoms with Crippen molar-refractivity contribution in [2.24, 2.45) is 11.7 Å². The molecule has 160 valence electrons. The molecule has 2 rings (SSSR count). The Kier molecular flexibility index (Phi) is 11.3. The van der Waals surface area contributed by atoms with E-state index in [9.17, 15) is 4.79 Å². The predicted octanol–water partition coefficient (Wildman–Crippen LogP) is 3.62. The van der Waals surface area contributed by atoms with Gasteiger partial charge in [0.05, 0.1) is 25.3 Å². The van der Waals surface area contributed by atoms with Crippen molar-refractivity contribution >= 4 is 18.3 Å². The van der Waals surface area contributed by atoms with Crippen LogP contribution in [0, 0.1) is 5.92 Å². The number of hydrogen-bond acceptors (Lipinski definition) is 5. The summed E-state index contributed by atoms with van der Waals surface area (Å²) >= 11 is 0. The molecule has 2 unspecified atom stereocenters. The standard InChI is InChI=1S/C21H34N2O4.ClH/c1-4-10-26-18-7-6-17(14-19(18)27-11-5-2)15(3)23-21(24)20(22)16-8-12-25-13-9-16;/h6-7,14-16,20H,4-5,8-13,22H2,1-3H3,(H,23,24);1H. The van der Waals surface area contributed by atoms with E-state index in [1.807, 2.05) is 25.1 Å². The van der Waals surface area contributed by atoms with E-state index < -0.39 is 6.04 Å². The molecule has 3 N–H and O–H groups in total. The van der Waals surface area contributed by atoms with Crippen molar-refractivity contribution in [1.29, 1.82) is 0 Å². The van der Waals surface area contributed by atoms with Gasteiger partial charge in [0.25, 0.3) is 0 Å². The average Bonchev–Trinajstić information content (AvgIpc) is 2.70. The van der Waals surface area contributed by atoms with Crippen LogP contribution in [0.25, 0.3) is 0 Å². The maximum Gasteiger partial charge on any atom is 0.237 e. The van der Waals surface area contributed by atoms with Crippen LogP contribution in [-0.2, 0) is 9.53 Å². The minimum Gasteiger partial charge on any atom is -0.490 e. The summed E-state index contributed by atoms with van der Waals surface area (Å²) in [7, 11) is 0. The zero-order valence-electron chi connectivity index (χ0n) is 17.2.